The molecule has 0 radical (unpaired) electrons. The van der Waals surface area contributed by atoms with E-state index in [1.807, 2.05) is 18.7 Å². The molecule has 3 nitrogen and oxygen atoms in total. The first-order chi connectivity index (χ1) is 8.74. The standard InChI is InChI=1S/C15H26N2O/c1-3-17(4-2)15(18)7-8-16-11-14-10-12-5-6-13(14)9-12/h5-6,12-14,16H,3-4,7-11H2,1-2H3. The molecule has 3 heteroatoms. The summed E-state index contributed by atoms with van der Waals surface area (Å²) in [6.45, 7) is 7.63. The minimum Gasteiger partial charge on any atom is -0.343 e. The van der Waals surface area contributed by atoms with E-state index in [0.717, 1.165) is 43.9 Å². The molecule has 0 aromatic heterocycles. The Balaban J connectivity index is 1.59. The van der Waals surface area contributed by atoms with Crippen molar-refractivity contribution in [2.45, 2.75) is 33.1 Å². The van der Waals surface area contributed by atoms with Crippen molar-refractivity contribution in [1.82, 2.24) is 10.2 Å². The van der Waals surface area contributed by atoms with Gasteiger partial charge in [0.25, 0.3) is 0 Å². The van der Waals surface area contributed by atoms with Crippen LogP contribution in [0.3, 0.4) is 0 Å². The number of carbonyl (C=O) groups excluding carboxylic acids is 1. The summed E-state index contributed by atoms with van der Waals surface area (Å²) in [4.78, 5) is 13.7. The highest BCUT2D eigenvalue weighted by Crippen LogP contribution is 2.42. The molecular formula is C15H26N2O. The first kappa shape index (κ1) is 13.6. The van der Waals surface area contributed by atoms with Gasteiger partial charge in [0.05, 0.1) is 0 Å². The average Bonchev–Trinajstić information content (AvgIpc) is 2.98. The van der Waals surface area contributed by atoms with Gasteiger partial charge in [0.2, 0.25) is 5.91 Å². The zero-order valence-electron chi connectivity index (χ0n) is 11.7. The lowest BCUT2D eigenvalue weighted by Gasteiger charge is -2.20. The quantitative estimate of drug-likeness (QED) is 0.554. The van der Waals surface area contributed by atoms with Crippen molar-refractivity contribution in [3.05, 3.63) is 12.2 Å². The van der Waals surface area contributed by atoms with Gasteiger partial charge in [-0.05, 0) is 51.0 Å². The van der Waals surface area contributed by atoms with Crippen molar-refractivity contribution in [3.8, 4) is 0 Å². The highest BCUT2D eigenvalue weighted by molar-refractivity contribution is 5.76. The SMILES string of the molecule is CCN(CC)C(=O)CCNCC1CC2C=CC1C2. The van der Waals surface area contributed by atoms with E-state index in [9.17, 15) is 4.79 Å². The van der Waals surface area contributed by atoms with E-state index in [4.69, 9.17) is 0 Å². The molecule has 0 aromatic rings. The van der Waals surface area contributed by atoms with Crippen LogP contribution in [0.15, 0.2) is 12.2 Å². The van der Waals surface area contributed by atoms with Gasteiger partial charge in [-0.1, -0.05) is 12.2 Å². The molecule has 0 spiro atoms. The zero-order valence-corrected chi connectivity index (χ0v) is 11.7. The zero-order chi connectivity index (χ0) is 13.0. The van der Waals surface area contributed by atoms with Crippen molar-refractivity contribution in [2.75, 3.05) is 26.2 Å². The summed E-state index contributed by atoms with van der Waals surface area (Å²) in [7, 11) is 0. The van der Waals surface area contributed by atoms with E-state index in [1.54, 1.807) is 0 Å². The summed E-state index contributed by atoms with van der Waals surface area (Å²) in [6, 6.07) is 0. The summed E-state index contributed by atoms with van der Waals surface area (Å²) in [5.74, 6) is 2.74. The Kier molecular flexibility index (Phi) is 4.81. The topological polar surface area (TPSA) is 32.3 Å². The largest absolute Gasteiger partial charge is 0.343 e. The third-order valence-electron chi connectivity index (χ3n) is 4.45. The van der Waals surface area contributed by atoms with E-state index in [2.05, 4.69) is 17.5 Å². The number of hydrogen-bond acceptors (Lipinski definition) is 2. The van der Waals surface area contributed by atoms with Crippen LogP contribution >= 0.6 is 0 Å². The van der Waals surface area contributed by atoms with E-state index >= 15 is 0 Å². The maximum absolute atomic E-state index is 11.8. The van der Waals surface area contributed by atoms with Gasteiger partial charge in [-0.25, -0.2) is 0 Å². The van der Waals surface area contributed by atoms with Crippen LogP contribution in [-0.4, -0.2) is 37.0 Å². The number of nitrogens with zero attached hydrogens (tertiary/aromatic N) is 1. The molecule has 2 bridgehead atoms. The molecule has 1 saturated carbocycles. The van der Waals surface area contributed by atoms with Gasteiger partial charge in [-0.2, -0.15) is 0 Å². The number of fused-ring (bicyclic) bond motifs is 2. The van der Waals surface area contributed by atoms with Crippen LogP contribution in [0.5, 0.6) is 0 Å². The fourth-order valence-electron chi connectivity index (χ4n) is 3.35. The third-order valence-corrected chi connectivity index (χ3v) is 4.45. The van der Waals surface area contributed by atoms with Crippen molar-refractivity contribution in [3.63, 3.8) is 0 Å². The molecular weight excluding hydrogens is 224 g/mol. The normalized spacial score (nSPS) is 28.9. The lowest BCUT2D eigenvalue weighted by atomic mass is 9.94. The van der Waals surface area contributed by atoms with Crippen LogP contribution in [-0.2, 0) is 4.79 Å². The predicted octanol–water partition coefficient (Wildman–Crippen LogP) is 2.05. The molecule has 0 heterocycles. The number of amides is 1. The van der Waals surface area contributed by atoms with Crippen LogP contribution in [0, 0.1) is 17.8 Å². The Morgan fingerprint density at radius 2 is 2.06 bits per heavy atom. The Morgan fingerprint density at radius 3 is 2.61 bits per heavy atom. The molecule has 18 heavy (non-hydrogen) atoms. The molecule has 0 saturated heterocycles. The van der Waals surface area contributed by atoms with Crippen molar-refractivity contribution in [2.24, 2.45) is 17.8 Å². The average molecular weight is 250 g/mol. The maximum Gasteiger partial charge on any atom is 0.223 e. The first-order valence-corrected chi connectivity index (χ1v) is 7.41. The first-order valence-electron chi connectivity index (χ1n) is 7.41. The van der Waals surface area contributed by atoms with E-state index in [-0.39, 0.29) is 5.91 Å². The lowest BCUT2D eigenvalue weighted by Crippen LogP contribution is -2.34. The number of allylic oxidation sites excluding steroid dienone is 2. The molecule has 0 aliphatic heterocycles. The molecule has 1 amide bonds. The van der Waals surface area contributed by atoms with Gasteiger partial charge < -0.3 is 10.2 Å². The van der Waals surface area contributed by atoms with Crippen molar-refractivity contribution in [1.29, 1.82) is 0 Å². The van der Waals surface area contributed by atoms with Crippen LogP contribution in [0.25, 0.3) is 0 Å². The fraction of sp³-hybridized carbons (Fsp3) is 0.800. The van der Waals surface area contributed by atoms with Gasteiger partial charge >= 0.3 is 0 Å². The molecule has 0 aromatic carbocycles. The maximum atomic E-state index is 11.8. The van der Waals surface area contributed by atoms with Gasteiger partial charge in [-0.15, -0.1) is 0 Å². The summed E-state index contributed by atoms with van der Waals surface area (Å²) < 4.78 is 0. The van der Waals surface area contributed by atoms with E-state index in [1.165, 1.54) is 12.8 Å². The minimum atomic E-state index is 0.278. The van der Waals surface area contributed by atoms with Gasteiger partial charge in [0.15, 0.2) is 0 Å². The molecule has 2 aliphatic rings. The Morgan fingerprint density at radius 1 is 1.28 bits per heavy atom. The van der Waals surface area contributed by atoms with Crippen molar-refractivity contribution < 1.29 is 4.79 Å². The number of nitrogens with one attached hydrogen (secondary N) is 1. The second kappa shape index (κ2) is 6.37. The summed E-state index contributed by atoms with van der Waals surface area (Å²) in [5, 5.41) is 3.46. The molecule has 3 unspecified atom stereocenters. The summed E-state index contributed by atoms with van der Waals surface area (Å²) in [6.07, 6.45) is 8.12. The fourth-order valence-corrected chi connectivity index (χ4v) is 3.35. The Hall–Kier alpha value is -0.830. The number of carbonyl (C=O) groups is 1. The molecule has 102 valence electrons. The summed E-state index contributed by atoms with van der Waals surface area (Å²) >= 11 is 0. The molecule has 2 aliphatic carbocycles. The second-order valence-corrected chi connectivity index (χ2v) is 5.56. The minimum absolute atomic E-state index is 0.278. The lowest BCUT2D eigenvalue weighted by molar-refractivity contribution is -0.130. The monoisotopic (exact) mass is 250 g/mol. The highest BCUT2D eigenvalue weighted by Gasteiger charge is 2.34. The van der Waals surface area contributed by atoms with E-state index in [0.29, 0.717) is 6.42 Å². The van der Waals surface area contributed by atoms with Gasteiger partial charge in [0.1, 0.15) is 0 Å². The highest BCUT2D eigenvalue weighted by atomic mass is 16.2. The van der Waals surface area contributed by atoms with Crippen LogP contribution in [0.1, 0.15) is 33.1 Å². The third kappa shape index (κ3) is 3.14. The molecule has 3 atom stereocenters. The molecule has 1 N–H and O–H groups in total. The number of rotatable bonds is 7. The molecule has 2 rings (SSSR count). The Labute approximate surface area is 111 Å². The predicted molar refractivity (Wildman–Crippen MR) is 74.3 cm³/mol. The number of hydrogen-bond donors (Lipinski definition) is 1. The van der Waals surface area contributed by atoms with Crippen LogP contribution in [0.4, 0.5) is 0 Å². The van der Waals surface area contributed by atoms with Crippen LogP contribution in [0.2, 0.25) is 0 Å². The summed E-state index contributed by atoms with van der Waals surface area (Å²) in [5.41, 5.74) is 0. The van der Waals surface area contributed by atoms with Gasteiger partial charge in [-0.3, -0.25) is 4.79 Å². The van der Waals surface area contributed by atoms with Gasteiger partial charge in [0, 0.05) is 26.1 Å². The van der Waals surface area contributed by atoms with Crippen molar-refractivity contribution >= 4 is 5.91 Å². The smallest absolute Gasteiger partial charge is 0.223 e. The van der Waals surface area contributed by atoms with E-state index < -0.39 is 0 Å². The second-order valence-electron chi connectivity index (χ2n) is 5.56. The Bertz CT molecular complexity index is 310. The van der Waals surface area contributed by atoms with Crippen LogP contribution < -0.4 is 5.32 Å². The molecule has 1 fully saturated rings.